The SMILES string of the molecule is NC(=O)NCCC[C@@H](C(=O)Nc1ccc(CO)cc1)n1cc(C2(NC(=O)OCc3ccccc3)CC2)nn1. The zero-order valence-corrected chi connectivity index (χ0v) is 20.8. The van der Waals surface area contributed by atoms with Crippen molar-refractivity contribution in [1.82, 2.24) is 25.6 Å². The Morgan fingerprint density at radius 2 is 1.82 bits per heavy atom. The van der Waals surface area contributed by atoms with E-state index in [0.29, 0.717) is 43.6 Å². The zero-order chi connectivity index (χ0) is 27.0. The number of carbonyl (C=O) groups excluding carboxylic acids is 3. The molecule has 0 unspecified atom stereocenters. The topological polar surface area (TPSA) is 173 Å². The average Bonchev–Trinajstić information content (AvgIpc) is 3.52. The van der Waals surface area contributed by atoms with Gasteiger partial charge in [-0.05, 0) is 48.9 Å². The number of nitrogens with one attached hydrogen (secondary N) is 3. The molecule has 0 saturated heterocycles. The molecule has 1 aliphatic carbocycles. The minimum atomic E-state index is -0.732. The maximum atomic E-state index is 13.2. The molecule has 12 nitrogen and oxygen atoms in total. The number of primary amides is 1. The molecule has 4 amide bonds. The molecule has 1 atom stereocenters. The molecule has 38 heavy (non-hydrogen) atoms. The summed E-state index contributed by atoms with van der Waals surface area (Å²) in [6.45, 7) is 0.349. The smallest absolute Gasteiger partial charge is 0.408 e. The maximum Gasteiger partial charge on any atom is 0.408 e. The first-order valence-corrected chi connectivity index (χ1v) is 12.3. The number of aliphatic hydroxyl groups is 1. The van der Waals surface area contributed by atoms with Gasteiger partial charge in [-0.15, -0.1) is 5.10 Å². The Morgan fingerprint density at radius 1 is 1.08 bits per heavy atom. The molecule has 0 bridgehead atoms. The number of hydrogen-bond acceptors (Lipinski definition) is 7. The van der Waals surface area contributed by atoms with Gasteiger partial charge in [0.2, 0.25) is 5.91 Å². The Kier molecular flexibility index (Phi) is 8.54. The number of benzene rings is 2. The van der Waals surface area contributed by atoms with Crippen molar-refractivity contribution < 1.29 is 24.2 Å². The lowest BCUT2D eigenvalue weighted by Gasteiger charge is -2.18. The van der Waals surface area contributed by atoms with Crippen molar-refractivity contribution in [2.45, 2.75) is 50.5 Å². The van der Waals surface area contributed by atoms with Crippen LogP contribution in [-0.4, -0.2) is 44.7 Å². The summed E-state index contributed by atoms with van der Waals surface area (Å²) in [5, 5.41) is 26.0. The molecule has 2 aromatic carbocycles. The minimum absolute atomic E-state index is 0.0962. The monoisotopic (exact) mass is 521 g/mol. The average molecular weight is 522 g/mol. The van der Waals surface area contributed by atoms with Crippen molar-refractivity contribution >= 4 is 23.7 Å². The number of nitrogens with two attached hydrogens (primary N) is 1. The molecule has 12 heteroatoms. The summed E-state index contributed by atoms with van der Waals surface area (Å²) < 4.78 is 6.82. The Labute approximate surface area is 219 Å². The van der Waals surface area contributed by atoms with Gasteiger partial charge in [0.05, 0.1) is 18.3 Å². The molecule has 3 aromatic rings. The normalized spacial score (nSPS) is 14.2. The number of alkyl carbamates (subject to hydrolysis) is 1. The number of ether oxygens (including phenoxy) is 1. The number of amides is 4. The minimum Gasteiger partial charge on any atom is -0.445 e. The summed E-state index contributed by atoms with van der Waals surface area (Å²) in [5.41, 5.74) is 7.15. The predicted molar refractivity (Wildman–Crippen MR) is 138 cm³/mol. The van der Waals surface area contributed by atoms with Crippen molar-refractivity contribution in [3.8, 4) is 0 Å². The van der Waals surface area contributed by atoms with Gasteiger partial charge in [0.1, 0.15) is 18.3 Å². The quantitative estimate of drug-likeness (QED) is 0.227. The summed E-state index contributed by atoms with van der Waals surface area (Å²) in [7, 11) is 0. The van der Waals surface area contributed by atoms with Gasteiger partial charge in [-0.2, -0.15) is 0 Å². The number of rotatable bonds is 12. The van der Waals surface area contributed by atoms with E-state index in [1.54, 1.807) is 30.5 Å². The van der Waals surface area contributed by atoms with Crippen LogP contribution in [0.3, 0.4) is 0 Å². The van der Waals surface area contributed by atoms with Gasteiger partial charge < -0.3 is 31.5 Å². The third-order valence-corrected chi connectivity index (χ3v) is 6.28. The van der Waals surface area contributed by atoms with Crippen molar-refractivity contribution in [3.05, 3.63) is 77.6 Å². The molecule has 0 spiro atoms. The summed E-state index contributed by atoms with van der Waals surface area (Å²) >= 11 is 0. The lowest BCUT2D eigenvalue weighted by Crippen LogP contribution is -2.35. The van der Waals surface area contributed by atoms with Gasteiger partial charge in [0, 0.05) is 12.2 Å². The van der Waals surface area contributed by atoms with E-state index in [4.69, 9.17) is 10.5 Å². The molecule has 1 saturated carbocycles. The Morgan fingerprint density at radius 3 is 2.47 bits per heavy atom. The molecule has 1 fully saturated rings. The largest absolute Gasteiger partial charge is 0.445 e. The fourth-order valence-corrected chi connectivity index (χ4v) is 3.98. The molecule has 1 heterocycles. The van der Waals surface area contributed by atoms with E-state index < -0.39 is 23.7 Å². The van der Waals surface area contributed by atoms with Crippen LogP contribution in [0.15, 0.2) is 60.8 Å². The van der Waals surface area contributed by atoms with Gasteiger partial charge in [0.25, 0.3) is 0 Å². The third-order valence-electron chi connectivity index (χ3n) is 6.28. The summed E-state index contributed by atoms with van der Waals surface area (Å²) in [6, 6.07) is 14.8. The second-order valence-corrected chi connectivity index (χ2v) is 9.15. The number of hydrogen-bond donors (Lipinski definition) is 5. The Hall–Kier alpha value is -4.45. The highest BCUT2D eigenvalue weighted by Gasteiger charge is 2.49. The Balaban J connectivity index is 1.42. The van der Waals surface area contributed by atoms with Crippen LogP contribution in [0.1, 0.15) is 48.5 Å². The van der Waals surface area contributed by atoms with Crippen LogP contribution in [0.4, 0.5) is 15.3 Å². The molecular formula is C26H31N7O5. The zero-order valence-electron chi connectivity index (χ0n) is 20.8. The van der Waals surface area contributed by atoms with E-state index in [1.165, 1.54) is 4.68 Å². The molecule has 1 aromatic heterocycles. The highest BCUT2D eigenvalue weighted by Crippen LogP contribution is 2.44. The van der Waals surface area contributed by atoms with Gasteiger partial charge in [-0.25, -0.2) is 14.3 Å². The van der Waals surface area contributed by atoms with Crippen molar-refractivity contribution in [2.24, 2.45) is 5.73 Å². The first kappa shape index (κ1) is 26.6. The number of aliphatic hydroxyl groups excluding tert-OH is 1. The van der Waals surface area contributed by atoms with Gasteiger partial charge >= 0.3 is 12.1 Å². The third kappa shape index (κ3) is 7.07. The fraction of sp³-hybridized carbons (Fsp3) is 0.346. The number of nitrogens with zero attached hydrogens (tertiary/aromatic N) is 3. The van der Waals surface area contributed by atoms with E-state index >= 15 is 0 Å². The first-order valence-electron chi connectivity index (χ1n) is 12.3. The number of carbonyl (C=O) groups is 3. The number of anilines is 1. The second kappa shape index (κ2) is 12.2. The van der Waals surface area contributed by atoms with E-state index in [1.807, 2.05) is 30.3 Å². The number of aromatic nitrogens is 3. The first-order chi connectivity index (χ1) is 18.4. The van der Waals surface area contributed by atoms with Gasteiger partial charge in [-0.1, -0.05) is 47.7 Å². The van der Waals surface area contributed by atoms with Crippen LogP contribution in [0, 0.1) is 0 Å². The molecule has 0 aliphatic heterocycles. The van der Waals surface area contributed by atoms with E-state index in [9.17, 15) is 19.5 Å². The summed E-state index contributed by atoms with van der Waals surface area (Å²) in [6.07, 6.45) is 3.26. The van der Waals surface area contributed by atoms with Crippen LogP contribution in [0.5, 0.6) is 0 Å². The molecule has 1 aliphatic rings. The lowest BCUT2D eigenvalue weighted by molar-refractivity contribution is -0.119. The molecular weight excluding hydrogens is 490 g/mol. The predicted octanol–water partition coefficient (Wildman–Crippen LogP) is 2.31. The van der Waals surface area contributed by atoms with Crippen molar-refractivity contribution in [1.29, 1.82) is 0 Å². The lowest BCUT2D eigenvalue weighted by atomic mass is 10.1. The number of urea groups is 1. The highest BCUT2D eigenvalue weighted by molar-refractivity contribution is 5.93. The van der Waals surface area contributed by atoms with E-state index in [-0.39, 0.29) is 19.1 Å². The highest BCUT2D eigenvalue weighted by atomic mass is 16.5. The fourth-order valence-electron chi connectivity index (χ4n) is 3.98. The summed E-state index contributed by atoms with van der Waals surface area (Å²) in [4.78, 5) is 36.7. The van der Waals surface area contributed by atoms with Crippen LogP contribution < -0.4 is 21.7 Å². The van der Waals surface area contributed by atoms with Crippen LogP contribution in [0.2, 0.25) is 0 Å². The maximum absolute atomic E-state index is 13.2. The molecule has 200 valence electrons. The molecule has 0 radical (unpaired) electrons. The van der Waals surface area contributed by atoms with Crippen LogP contribution in [-0.2, 0) is 28.3 Å². The molecule has 6 N–H and O–H groups in total. The van der Waals surface area contributed by atoms with E-state index in [0.717, 1.165) is 11.1 Å². The summed E-state index contributed by atoms with van der Waals surface area (Å²) in [5.74, 6) is -0.322. The van der Waals surface area contributed by atoms with Crippen molar-refractivity contribution in [3.63, 3.8) is 0 Å². The second-order valence-electron chi connectivity index (χ2n) is 9.15. The van der Waals surface area contributed by atoms with Gasteiger partial charge in [-0.3, -0.25) is 4.79 Å². The standard InChI is InChI=1S/C26H31N7O5/c27-24(36)28-14-4-7-21(23(35)29-20-10-8-18(16-34)9-11-20)33-15-22(31-32-33)26(12-13-26)30-25(37)38-17-19-5-2-1-3-6-19/h1-3,5-6,8-11,15,21,34H,4,7,12-14,16-17H2,(H,29,35)(H,30,37)(H3,27,28,36)/t21-/m0/s1. The molecule has 4 rings (SSSR count). The van der Waals surface area contributed by atoms with Crippen molar-refractivity contribution in [2.75, 3.05) is 11.9 Å². The van der Waals surface area contributed by atoms with Gasteiger partial charge in [0.15, 0.2) is 0 Å². The van der Waals surface area contributed by atoms with Crippen LogP contribution >= 0.6 is 0 Å². The Bertz CT molecular complexity index is 1240. The van der Waals surface area contributed by atoms with Crippen LogP contribution in [0.25, 0.3) is 0 Å². The van der Waals surface area contributed by atoms with E-state index in [2.05, 4.69) is 26.3 Å².